The molecule has 0 bridgehead atoms. The van der Waals surface area contributed by atoms with Crippen LogP contribution in [0.2, 0.25) is 5.02 Å². The molecule has 1 saturated heterocycles. The Bertz CT molecular complexity index is 407. The van der Waals surface area contributed by atoms with Crippen molar-refractivity contribution >= 4 is 11.6 Å². The lowest BCUT2D eigenvalue weighted by atomic mass is 9.89. The van der Waals surface area contributed by atoms with Gasteiger partial charge >= 0.3 is 0 Å². The van der Waals surface area contributed by atoms with E-state index in [1.807, 2.05) is 0 Å². The highest BCUT2D eigenvalue weighted by molar-refractivity contribution is 6.31. The summed E-state index contributed by atoms with van der Waals surface area (Å²) in [5, 5.41) is 4.13. The summed E-state index contributed by atoms with van der Waals surface area (Å²) in [6.45, 7) is 4.62. The van der Waals surface area contributed by atoms with E-state index in [1.165, 1.54) is 12.1 Å². The molecule has 106 valence electrons. The summed E-state index contributed by atoms with van der Waals surface area (Å²) in [5.41, 5.74) is 0.873. The van der Waals surface area contributed by atoms with Gasteiger partial charge in [0.2, 0.25) is 0 Å². The van der Waals surface area contributed by atoms with Gasteiger partial charge in [0.05, 0.1) is 6.61 Å². The smallest absolute Gasteiger partial charge is 0.123 e. The van der Waals surface area contributed by atoms with Gasteiger partial charge in [-0.25, -0.2) is 4.39 Å². The third kappa shape index (κ3) is 4.16. The predicted octanol–water partition coefficient (Wildman–Crippen LogP) is 3.43. The van der Waals surface area contributed by atoms with Gasteiger partial charge in [-0.1, -0.05) is 18.5 Å². The fourth-order valence-electron chi connectivity index (χ4n) is 2.69. The lowest BCUT2D eigenvalue weighted by Crippen LogP contribution is -2.41. The first-order chi connectivity index (χ1) is 9.20. The Balaban J connectivity index is 2.08. The second kappa shape index (κ2) is 7.22. The number of ether oxygens (including phenoxy) is 1. The summed E-state index contributed by atoms with van der Waals surface area (Å²) in [5.74, 6) is 0.252. The van der Waals surface area contributed by atoms with Gasteiger partial charge in [0.1, 0.15) is 5.82 Å². The van der Waals surface area contributed by atoms with Gasteiger partial charge < -0.3 is 10.1 Å². The maximum atomic E-state index is 13.3. The normalized spacial score (nSPS) is 21.3. The molecule has 2 atom stereocenters. The van der Waals surface area contributed by atoms with Gasteiger partial charge in [-0.2, -0.15) is 0 Å². The summed E-state index contributed by atoms with van der Waals surface area (Å²) < 4.78 is 18.9. The van der Waals surface area contributed by atoms with E-state index in [0.29, 0.717) is 17.0 Å². The van der Waals surface area contributed by atoms with Gasteiger partial charge in [-0.15, -0.1) is 0 Å². The van der Waals surface area contributed by atoms with Crippen molar-refractivity contribution in [3.63, 3.8) is 0 Å². The quantitative estimate of drug-likeness (QED) is 0.895. The first kappa shape index (κ1) is 14.8. The number of hydrogen-bond acceptors (Lipinski definition) is 2. The standard InChI is InChI=1S/C15H21ClFNO/c1-2-18-15(11-4-3-7-19-10-11)9-12-8-13(17)5-6-14(12)16/h5-6,8,11,15,18H,2-4,7,9-10H2,1H3. The zero-order valence-electron chi connectivity index (χ0n) is 11.3. The van der Waals surface area contributed by atoms with Gasteiger partial charge in [-0.05, 0) is 55.5 Å². The van der Waals surface area contributed by atoms with Crippen LogP contribution in [0.15, 0.2) is 18.2 Å². The average Bonchev–Trinajstić information content (AvgIpc) is 2.43. The number of halogens is 2. The van der Waals surface area contributed by atoms with Crippen molar-refractivity contribution in [2.24, 2.45) is 5.92 Å². The topological polar surface area (TPSA) is 21.3 Å². The van der Waals surface area contributed by atoms with E-state index < -0.39 is 0 Å². The van der Waals surface area contributed by atoms with E-state index >= 15 is 0 Å². The van der Waals surface area contributed by atoms with Crippen molar-refractivity contribution in [3.05, 3.63) is 34.6 Å². The van der Waals surface area contributed by atoms with Crippen molar-refractivity contribution in [1.29, 1.82) is 0 Å². The summed E-state index contributed by atoms with van der Waals surface area (Å²) in [4.78, 5) is 0. The second-order valence-electron chi connectivity index (χ2n) is 5.08. The molecule has 2 unspecified atom stereocenters. The molecule has 0 spiro atoms. The van der Waals surface area contributed by atoms with Crippen LogP contribution in [0.25, 0.3) is 0 Å². The Morgan fingerprint density at radius 1 is 1.53 bits per heavy atom. The monoisotopic (exact) mass is 285 g/mol. The fourth-order valence-corrected chi connectivity index (χ4v) is 2.88. The van der Waals surface area contributed by atoms with Crippen LogP contribution in [-0.4, -0.2) is 25.8 Å². The molecule has 1 fully saturated rings. The predicted molar refractivity (Wildman–Crippen MR) is 76.1 cm³/mol. The molecule has 0 saturated carbocycles. The third-order valence-corrected chi connectivity index (χ3v) is 4.05. The van der Waals surface area contributed by atoms with Crippen molar-refractivity contribution in [1.82, 2.24) is 5.32 Å². The summed E-state index contributed by atoms with van der Waals surface area (Å²) >= 11 is 6.15. The minimum atomic E-state index is -0.227. The third-order valence-electron chi connectivity index (χ3n) is 3.68. The average molecular weight is 286 g/mol. The zero-order chi connectivity index (χ0) is 13.7. The van der Waals surface area contributed by atoms with Crippen LogP contribution in [0, 0.1) is 11.7 Å². The first-order valence-electron chi connectivity index (χ1n) is 6.95. The maximum Gasteiger partial charge on any atom is 0.123 e. The maximum absolute atomic E-state index is 13.3. The first-order valence-corrected chi connectivity index (χ1v) is 7.33. The minimum Gasteiger partial charge on any atom is -0.381 e. The molecule has 0 radical (unpaired) electrons. The molecule has 2 rings (SSSR count). The van der Waals surface area contributed by atoms with E-state index in [0.717, 1.165) is 44.6 Å². The molecule has 2 nitrogen and oxygen atoms in total. The van der Waals surface area contributed by atoms with Crippen LogP contribution in [-0.2, 0) is 11.2 Å². The van der Waals surface area contributed by atoms with E-state index in [9.17, 15) is 4.39 Å². The molecule has 1 aliphatic rings. The molecule has 1 aliphatic heterocycles. The highest BCUT2D eigenvalue weighted by Gasteiger charge is 2.24. The van der Waals surface area contributed by atoms with Gasteiger partial charge in [0, 0.05) is 17.7 Å². The number of benzene rings is 1. The summed E-state index contributed by atoms with van der Waals surface area (Å²) in [7, 11) is 0. The van der Waals surface area contributed by atoms with E-state index in [1.54, 1.807) is 6.07 Å². The Morgan fingerprint density at radius 3 is 3.05 bits per heavy atom. The Hall–Kier alpha value is -0.640. The SMILES string of the molecule is CCNC(Cc1cc(F)ccc1Cl)C1CCCOC1. The van der Waals surface area contributed by atoms with Gasteiger partial charge in [0.25, 0.3) is 0 Å². The van der Waals surface area contributed by atoms with Crippen molar-refractivity contribution in [2.75, 3.05) is 19.8 Å². The number of hydrogen-bond donors (Lipinski definition) is 1. The van der Waals surface area contributed by atoms with Crippen LogP contribution in [0.4, 0.5) is 4.39 Å². The largest absolute Gasteiger partial charge is 0.381 e. The number of likely N-dealkylation sites (N-methyl/N-ethyl adjacent to an activating group) is 1. The molecule has 1 aromatic carbocycles. The lowest BCUT2D eigenvalue weighted by Gasteiger charge is -2.31. The fraction of sp³-hybridized carbons (Fsp3) is 0.600. The lowest BCUT2D eigenvalue weighted by molar-refractivity contribution is 0.0396. The Labute approximate surface area is 119 Å². The second-order valence-corrected chi connectivity index (χ2v) is 5.49. The molecule has 1 heterocycles. The minimum absolute atomic E-state index is 0.227. The molecular weight excluding hydrogens is 265 g/mol. The molecule has 0 aliphatic carbocycles. The summed E-state index contributed by atoms with van der Waals surface area (Å²) in [6.07, 6.45) is 3.01. The van der Waals surface area contributed by atoms with Gasteiger partial charge in [0.15, 0.2) is 0 Å². The molecule has 1 aromatic rings. The summed E-state index contributed by atoms with van der Waals surface area (Å²) in [6, 6.07) is 4.87. The van der Waals surface area contributed by atoms with E-state index in [2.05, 4.69) is 12.2 Å². The highest BCUT2D eigenvalue weighted by Crippen LogP contribution is 2.24. The highest BCUT2D eigenvalue weighted by atomic mass is 35.5. The molecule has 4 heteroatoms. The van der Waals surface area contributed by atoms with Crippen LogP contribution >= 0.6 is 11.6 Å². The number of rotatable bonds is 5. The molecule has 0 aromatic heterocycles. The van der Waals surface area contributed by atoms with Crippen LogP contribution in [0.1, 0.15) is 25.3 Å². The molecule has 1 N–H and O–H groups in total. The molecule has 19 heavy (non-hydrogen) atoms. The van der Waals surface area contributed by atoms with Crippen molar-refractivity contribution in [2.45, 2.75) is 32.2 Å². The molecular formula is C15H21ClFNO. The zero-order valence-corrected chi connectivity index (χ0v) is 12.0. The Kier molecular flexibility index (Phi) is 5.61. The van der Waals surface area contributed by atoms with Crippen LogP contribution in [0.5, 0.6) is 0 Å². The van der Waals surface area contributed by atoms with Gasteiger partial charge in [-0.3, -0.25) is 0 Å². The van der Waals surface area contributed by atoms with Crippen LogP contribution in [0.3, 0.4) is 0 Å². The number of nitrogens with one attached hydrogen (secondary N) is 1. The van der Waals surface area contributed by atoms with E-state index in [-0.39, 0.29) is 5.82 Å². The van der Waals surface area contributed by atoms with E-state index in [4.69, 9.17) is 16.3 Å². The Morgan fingerprint density at radius 2 is 2.37 bits per heavy atom. The van der Waals surface area contributed by atoms with Crippen molar-refractivity contribution in [3.8, 4) is 0 Å². The van der Waals surface area contributed by atoms with Crippen molar-refractivity contribution < 1.29 is 9.13 Å². The molecule has 0 amide bonds. The van der Waals surface area contributed by atoms with Crippen LogP contribution < -0.4 is 5.32 Å².